The predicted octanol–water partition coefficient (Wildman–Crippen LogP) is 3.38. The van der Waals surface area contributed by atoms with Gasteiger partial charge in [0.1, 0.15) is 0 Å². The van der Waals surface area contributed by atoms with Gasteiger partial charge in [0.2, 0.25) is 0 Å². The van der Waals surface area contributed by atoms with Crippen molar-refractivity contribution in [2.24, 2.45) is 23.5 Å². The second-order valence-corrected chi connectivity index (χ2v) is 8.13. The van der Waals surface area contributed by atoms with E-state index in [9.17, 15) is 0 Å². The van der Waals surface area contributed by atoms with E-state index in [1.54, 1.807) is 0 Å². The molecule has 0 radical (unpaired) electrons. The van der Waals surface area contributed by atoms with Gasteiger partial charge in [-0.3, -0.25) is 0 Å². The van der Waals surface area contributed by atoms with Gasteiger partial charge in [-0.15, -0.1) is 11.3 Å². The van der Waals surface area contributed by atoms with Gasteiger partial charge >= 0.3 is 0 Å². The van der Waals surface area contributed by atoms with Crippen LogP contribution in [0.2, 0.25) is 0 Å². The summed E-state index contributed by atoms with van der Waals surface area (Å²) in [6, 6.07) is 0. The van der Waals surface area contributed by atoms with E-state index < -0.39 is 0 Å². The summed E-state index contributed by atoms with van der Waals surface area (Å²) in [5, 5.41) is 1.43. The van der Waals surface area contributed by atoms with Gasteiger partial charge in [-0.2, -0.15) is 0 Å². The van der Waals surface area contributed by atoms with E-state index in [-0.39, 0.29) is 0 Å². The zero-order valence-electron chi connectivity index (χ0n) is 11.1. The summed E-state index contributed by atoms with van der Waals surface area (Å²) in [6.45, 7) is 2.79. The molecule has 98 valence electrons. The molecule has 0 unspecified atom stereocenters. The molecule has 5 rings (SSSR count). The second-order valence-electron chi connectivity index (χ2n) is 6.92. The fourth-order valence-electron chi connectivity index (χ4n) is 5.22. The lowest BCUT2D eigenvalue weighted by molar-refractivity contribution is -0.00533. The monoisotopic (exact) mass is 262 g/mol. The van der Waals surface area contributed by atoms with Crippen LogP contribution in [0.5, 0.6) is 0 Å². The summed E-state index contributed by atoms with van der Waals surface area (Å²) in [5.41, 5.74) is 7.40. The molecule has 3 heteroatoms. The van der Waals surface area contributed by atoms with E-state index in [1.807, 2.05) is 11.3 Å². The number of thiazole rings is 1. The van der Waals surface area contributed by atoms with Crippen LogP contribution >= 0.6 is 11.3 Å². The normalized spacial score (nSPS) is 41.6. The molecule has 2 N–H and O–H groups in total. The number of rotatable bonds is 2. The highest BCUT2D eigenvalue weighted by Crippen LogP contribution is 2.61. The quantitative estimate of drug-likeness (QED) is 0.887. The Labute approximate surface area is 113 Å². The number of hydrogen-bond donors (Lipinski definition) is 1. The SMILES string of the molecule is Cc1sc(C23CC4CC(CC(C4)C2)C3)nc1CN. The van der Waals surface area contributed by atoms with Gasteiger partial charge in [0.25, 0.3) is 0 Å². The minimum Gasteiger partial charge on any atom is -0.325 e. The molecule has 4 fully saturated rings. The summed E-state index contributed by atoms with van der Waals surface area (Å²) in [6.07, 6.45) is 8.76. The van der Waals surface area contributed by atoms with Crippen molar-refractivity contribution in [3.05, 3.63) is 15.6 Å². The fourth-order valence-corrected chi connectivity index (χ4v) is 6.38. The van der Waals surface area contributed by atoms with Gasteiger partial charge in [0, 0.05) is 16.8 Å². The minimum absolute atomic E-state index is 0.456. The van der Waals surface area contributed by atoms with Gasteiger partial charge in [-0.25, -0.2) is 4.98 Å². The van der Waals surface area contributed by atoms with Crippen molar-refractivity contribution >= 4 is 11.3 Å². The minimum atomic E-state index is 0.456. The lowest BCUT2D eigenvalue weighted by Crippen LogP contribution is -2.48. The van der Waals surface area contributed by atoms with E-state index in [4.69, 9.17) is 10.7 Å². The molecule has 4 saturated carbocycles. The van der Waals surface area contributed by atoms with Crippen LogP contribution in [0.4, 0.5) is 0 Å². The molecule has 0 saturated heterocycles. The Balaban J connectivity index is 1.74. The predicted molar refractivity (Wildman–Crippen MR) is 74.6 cm³/mol. The highest BCUT2D eigenvalue weighted by atomic mass is 32.1. The number of nitrogens with zero attached hydrogens (tertiary/aromatic N) is 1. The first-order valence-electron chi connectivity index (χ1n) is 7.35. The van der Waals surface area contributed by atoms with Crippen LogP contribution in [-0.4, -0.2) is 4.98 Å². The van der Waals surface area contributed by atoms with Crippen LogP contribution in [0.25, 0.3) is 0 Å². The van der Waals surface area contributed by atoms with Crippen molar-refractivity contribution in [2.45, 2.75) is 57.4 Å². The number of aromatic nitrogens is 1. The third-order valence-corrected chi connectivity index (χ3v) is 6.84. The Morgan fingerprint density at radius 1 is 1.17 bits per heavy atom. The molecular weight excluding hydrogens is 240 g/mol. The van der Waals surface area contributed by atoms with Crippen molar-refractivity contribution in [2.75, 3.05) is 0 Å². The van der Waals surface area contributed by atoms with Crippen LogP contribution in [0.15, 0.2) is 0 Å². The Morgan fingerprint density at radius 3 is 2.17 bits per heavy atom. The first-order valence-corrected chi connectivity index (χ1v) is 8.17. The standard InChI is InChI=1S/C15H22N2S/c1-9-13(8-16)17-14(18-9)15-5-10-2-11(6-15)4-12(3-10)7-15/h10-12H,2-8,16H2,1H3. The molecule has 0 aliphatic heterocycles. The van der Waals surface area contributed by atoms with Gasteiger partial charge in [-0.1, -0.05) is 0 Å². The maximum atomic E-state index is 5.80. The van der Waals surface area contributed by atoms with Gasteiger partial charge in [-0.05, 0) is 63.2 Å². The molecule has 0 aromatic carbocycles. The Morgan fingerprint density at radius 2 is 1.72 bits per heavy atom. The zero-order chi connectivity index (χ0) is 12.3. The molecule has 1 aromatic heterocycles. The molecule has 1 aromatic rings. The van der Waals surface area contributed by atoms with Crippen molar-refractivity contribution in [3.8, 4) is 0 Å². The highest BCUT2D eigenvalue weighted by molar-refractivity contribution is 7.11. The van der Waals surface area contributed by atoms with Crippen LogP contribution in [-0.2, 0) is 12.0 Å². The molecule has 4 bridgehead atoms. The van der Waals surface area contributed by atoms with Crippen molar-refractivity contribution in [1.29, 1.82) is 0 Å². The van der Waals surface area contributed by atoms with E-state index in [0.29, 0.717) is 12.0 Å². The van der Waals surface area contributed by atoms with Crippen LogP contribution in [0.1, 0.15) is 54.1 Å². The molecule has 4 aliphatic rings. The first-order chi connectivity index (χ1) is 8.68. The van der Waals surface area contributed by atoms with E-state index >= 15 is 0 Å². The molecule has 18 heavy (non-hydrogen) atoms. The summed E-state index contributed by atoms with van der Waals surface area (Å²) < 4.78 is 0. The molecular formula is C15H22N2S. The highest BCUT2D eigenvalue weighted by Gasteiger charge is 2.53. The lowest BCUT2D eigenvalue weighted by atomic mass is 9.50. The summed E-state index contributed by atoms with van der Waals surface area (Å²) in [5.74, 6) is 3.00. The molecule has 4 aliphatic carbocycles. The Kier molecular flexibility index (Phi) is 2.41. The third kappa shape index (κ3) is 1.53. The fraction of sp³-hybridized carbons (Fsp3) is 0.800. The maximum Gasteiger partial charge on any atom is 0.0993 e. The van der Waals surface area contributed by atoms with Crippen molar-refractivity contribution in [3.63, 3.8) is 0 Å². The van der Waals surface area contributed by atoms with Gasteiger partial charge < -0.3 is 5.73 Å². The Hall–Kier alpha value is -0.410. The topological polar surface area (TPSA) is 38.9 Å². The van der Waals surface area contributed by atoms with Gasteiger partial charge in [0.15, 0.2) is 0 Å². The first kappa shape index (κ1) is 11.4. The number of nitrogens with two attached hydrogens (primary N) is 1. The van der Waals surface area contributed by atoms with E-state index in [0.717, 1.165) is 23.4 Å². The zero-order valence-corrected chi connectivity index (χ0v) is 11.9. The third-order valence-electron chi connectivity index (χ3n) is 5.58. The molecule has 1 heterocycles. The van der Waals surface area contributed by atoms with Crippen LogP contribution in [0, 0.1) is 24.7 Å². The summed E-state index contributed by atoms with van der Waals surface area (Å²) in [7, 11) is 0. The lowest BCUT2D eigenvalue weighted by Gasteiger charge is -2.56. The van der Waals surface area contributed by atoms with Gasteiger partial charge in [0.05, 0.1) is 10.7 Å². The Bertz CT molecular complexity index is 442. The van der Waals surface area contributed by atoms with Crippen LogP contribution in [0.3, 0.4) is 0 Å². The molecule has 2 nitrogen and oxygen atoms in total. The average Bonchev–Trinajstić information content (AvgIpc) is 2.69. The molecule has 0 atom stereocenters. The largest absolute Gasteiger partial charge is 0.325 e. The molecule has 0 spiro atoms. The number of aryl methyl sites for hydroxylation is 1. The summed E-state index contributed by atoms with van der Waals surface area (Å²) >= 11 is 1.94. The summed E-state index contributed by atoms with van der Waals surface area (Å²) in [4.78, 5) is 6.26. The van der Waals surface area contributed by atoms with Crippen LogP contribution < -0.4 is 5.73 Å². The average molecular weight is 262 g/mol. The second kappa shape index (κ2) is 3.80. The van der Waals surface area contributed by atoms with E-state index in [1.165, 1.54) is 48.4 Å². The number of hydrogen-bond acceptors (Lipinski definition) is 3. The van der Waals surface area contributed by atoms with Crippen molar-refractivity contribution in [1.82, 2.24) is 4.98 Å². The maximum absolute atomic E-state index is 5.80. The smallest absolute Gasteiger partial charge is 0.0993 e. The molecule has 0 amide bonds. The van der Waals surface area contributed by atoms with E-state index in [2.05, 4.69) is 6.92 Å². The van der Waals surface area contributed by atoms with Crippen molar-refractivity contribution < 1.29 is 0 Å².